The zero-order chi connectivity index (χ0) is 26.6. The van der Waals surface area contributed by atoms with Gasteiger partial charge in [0.2, 0.25) is 10.0 Å². The Hall–Kier alpha value is -3.22. The summed E-state index contributed by atoms with van der Waals surface area (Å²) in [4.78, 5) is 27.6. The monoisotopic (exact) mass is 522 g/mol. The van der Waals surface area contributed by atoms with Crippen molar-refractivity contribution in [2.45, 2.75) is 26.0 Å². The van der Waals surface area contributed by atoms with Gasteiger partial charge in [-0.1, -0.05) is 13.0 Å². The Labute approximate surface area is 210 Å². The van der Waals surface area contributed by atoms with E-state index in [2.05, 4.69) is 10.6 Å². The van der Waals surface area contributed by atoms with Crippen LogP contribution in [0.1, 0.15) is 24.2 Å². The first kappa shape index (κ1) is 27.4. The number of ether oxygens (including phenoxy) is 1. The molecule has 2 aromatic rings. The molecular formula is C24H31FN4O6S. The lowest BCUT2D eigenvalue weighted by molar-refractivity contribution is 0.0389. The van der Waals surface area contributed by atoms with E-state index in [4.69, 9.17) is 4.74 Å². The summed E-state index contributed by atoms with van der Waals surface area (Å²) in [6.07, 6.45) is 0.415. The first-order valence-corrected chi connectivity index (χ1v) is 13.2. The molecular weight excluding hydrogens is 491 g/mol. The largest absolute Gasteiger partial charge is 0.486 e. The summed E-state index contributed by atoms with van der Waals surface area (Å²) in [5, 5.41) is 15.0. The number of rotatable bonds is 7. The van der Waals surface area contributed by atoms with Gasteiger partial charge in [0.1, 0.15) is 11.9 Å². The third-order valence-electron chi connectivity index (χ3n) is 6.04. The van der Waals surface area contributed by atoms with E-state index in [1.54, 1.807) is 25.1 Å². The van der Waals surface area contributed by atoms with Crippen LogP contribution in [-0.4, -0.2) is 79.8 Å². The number of aliphatic hydroxyl groups is 1. The van der Waals surface area contributed by atoms with Crippen molar-refractivity contribution in [3.63, 3.8) is 0 Å². The molecule has 0 radical (unpaired) electrons. The molecule has 12 heteroatoms. The second-order valence-electron chi connectivity index (χ2n) is 8.93. The Kier molecular flexibility index (Phi) is 8.54. The minimum Gasteiger partial charge on any atom is -0.486 e. The predicted molar refractivity (Wildman–Crippen MR) is 134 cm³/mol. The number of benzene rings is 2. The van der Waals surface area contributed by atoms with Crippen LogP contribution in [0.3, 0.4) is 0 Å². The third-order valence-corrected chi connectivity index (χ3v) is 7.33. The Morgan fingerprint density at radius 2 is 1.92 bits per heavy atom. The van der Waals surface area contributed by atoms with Crippen LogP contribution in [0.5, 0.6) is 5.75 Å². The van der Waals surface area contributed by atoms with Gasteiger partial charge >= 0.3 is 6.03 Å². The topological polar surface area (TPSA) is 128 Å². The van der Waals surface area contributed by atoms with Crippen molar-refractivity contribution >= 4 is 33.3 Å². The molecule has 3 rings (SSSR count). The maximum atomic E-state index is 13.4. The molecule has 36 heavy (non-hydrogen) atoms. The van der Waals surface area contributed by atoms with Gasteiger partial charge in [0.15, 0.2) is 5.75 Å². The number of aliphatic hydroxyl groups excluding tert-OH is 1. The molecule has 3 atom stereocenters. The molecule has 3 amide bonds. The van der Waals surface area contributed by atoms with E-state index >= 15 is 0 Å². The zero-order valence-corrected chi connectivity index (χ0v) is 21.4. The number of sulfonamides is 1. The van der Waals surface area contributed by atoms with Gasteiger partial charge in [0, 0.05) is 25.2 Å². The summed E-state index contributed by atoms with van der Waals surface area (Å²) in [6.45, 7) is 3.51. The number of nitrogens with zero attached hydrogens (tertiary/aromatic N) is 2. The first-order valence-electron chi connectivity index (χ1n) is 11.4. The van der Waals surface area contributed by atoms with E-state index in [1.807, 2.05) is 6.92 Å². The van der Waals surface area contributed by atoms with Crippen LogP contribution >= 0.6 is 0 Å². The van der Waals surface area contributed by atoms with Gasteiger partial charge in [-0.15, -0.1) is 0 Å². The summed E-state index contributed by atoms with van der Waals surface area (Å²) in [6, 6.07) is 8.75. The average Bonchev–Trinajstić information content (AvgIpc) is 2.82. The van der Waals surface area contributed by atoms with Crippen molar-refractivity contribution < 1.29 is 32.2 Å². The molecule has 0 saturated heterocycles. The quantitative estimate of drug-likeness (QED) is 0.513. The van der Waals surface area contributed by atoms with E-state index in [0.29, 0.717) is 5.69 Å². The highest BCUT2D eigenvalue weighted by atomic mass is 32.2. The van der Waals surface area contributed by atoms with E-state index < -0.39 is 39.9 Å². The molecule has 3 N–H and O–H groups in total. The van der Waals surface area contributed by atoms with Crippen molar-refractivity contribution in [3.8, 4) is 5.75 Å². The smallest absolute Gasteiger partial charge is 0.323 e. The molecule has 0 unspecified atom stereocenters. The molecule has 2 aromatic carbocycles. The Balaban J connectivity index is 1.99. The maximum Gasteiger partial charge on any atom is 0.323 e. The number of anilines is 2. The van der Waals surface area contributed by atoms with Crippen LogP contribution in [-0.2, 0) is 10.0 Å². The number of amides is 3. The SMILES string of the molecule is C[C@@H]1CN([C@@H](C)CO)C(=O)c2cccc(NC(=O)Nc3ccc(F)cc3)c2O[C@@H]1CN(C)S(C)(=O)=O. The number of hydrogen-bond donors (Lipinski definition) is 3. The molecule has 0 aromatic heterocycles. The lowest BCUT2D eigenvalue weighted by Gasteiger charge is -2.38. The number of hydrogen-bond acceptors (Lipinski definition) is 6. The second kappa shape index (κ2) is 11.2. The molecule has 10 nitrogen and oxygen atoms in total. The summed E-state index contributed by atoms with van der Waals surface area (Å²) < 4.78 is 44.7. The van der Waals surface area contributed by atoms with Gasteiger partial charge in [-0.2, -0.15) is 0 Å². The van der Waals surface area contributed by atoms with Crippen molar-refractivity contribution in [3.05, 3.63) is 53.8 Å². The lowest BCUT2D eigenvalue weighted by Crippen LogP contribution is -2.50. The van der Waals surface area contributed by atoms with Crippen LogP contribution in [0, 0.1) is 11.7 Å². The summed E-state index contributed by atoms with van der Waals surface area (Å²) in [5.41, 5.74) is 0.709. The van der Waals surface area contributed by atoms with Gasteiger partial charge < -0.3 is 25.4 Å². The average molecular weight is 523 g/mol. The van der Waals surface area contributed by atoms with Gasteiger partial charge in [-0.25, -0.2) is 21.9 Å². The Morgan fingerprint density at radius 1 is 1.25 bits per heavy atom. The number of halogens is 1. The van der Waals surface area contributed by atoms with Gasteiger partial charge in [-0.3, -0.25) is 4.79 Å². The Bertz CT molecular complexity index is 1210. The number of nitrogens with one attached hydrogen (secondary N) is 2. The molecule has 1 heterocycles. The summed E-state index contributed by atoms with van der Waals surface area (Å²) in [5.74, 6) is -1.07. The molecule has 196 valence electrons. The predicted octanol–water partition coefficient (Wildman–Crippen LogP) is 2.58. The van der Waals surface area contributed by atoms with Crippen molar-refractivity contribution in [2.24, 2.45) is 5.92 Å². The maximum absolute atomic E-state index is 13.4. The van der Waals surface area contributed by atoms with Crippen LogP contribution in [0.4, 0.5) is 20.6 Å². The molecule has 1 aliphatic heterocycles. The van der Waals surface area contributed by atoms with Gasteiger partial charge in [-0.05, 0) is 43.3 Å². The highest BCUT2D eigenvalue weighted by Crippen LogP contribution is 2.35. The molecule has 1 aliphatic rings. The summed E-state index contributed by atoms with van der Waals surface area (Å²) >= 11 is 0. The summed E-state index contributed by atoms with van der Waals surface area (Å²) in [7, 11) is -2.07. The number of carbonyl (C=O) groups excluding carboxylic acids is 2. The zero-order valence-electron chi connectivity index (χ0n) is 20.6. The van der Waals surface area contributed by atoms with E-state index in [-0.39, 0.29) is 42.6 Å². The molecule has 0 fully saturated rings. The fourth-order valence-electron chi connectivity index (χ4n) is 3.77. The van der Waals surface area contributed by atoms with E-state index in [1.165, 1.54) is 36.2 Å². The van der Waals surface area contributed by atoms with Crippen LogP contribution < -0.4 is 15.4 Å². The second-order valence-corrected chi connectivity index (χ2v) is 11.0. The van der Waals surface area contributed by atoms with Crippen molar-refractivity contribution in [2.75, 3.05) is 43.6 Å². The minimum atomic E-state index is -3.51. The van der Waals surface area contributed by atoms with Crippen LogP contribution in [0.15, 0.2) is 42.5 Å². The Morgan fingerprint density at radius 3 is 2.53 bits per heavy atom. The van der Waals surface area contributed by atoms with Crippen LogP contribution in [0.25, 0.3) is 0 Å². The van der Waals surface area contributed by atoms with Gasteiger partial charge in [0.05, 0.1) is 36.7 Å². The normalized spacial score (nSPS) is 19.1. The molecule has 0 saturated carbocycles. The number of likely N-dealkylation sites (N-methyl/N-ethyl adjacent to an activating group) is 1. The fraction of sp³-hybridized carbons (Fsp3) is 0.417. The highest BCUT2D eigenvalue weighted by Gasteiger charge is 2.35. The molecule has 0 bridgehead atoms. The van der Waals surface area contributed by atoms with E-state index in [9.17, 15) is 27.5 Å². The number of fused-ring (bicyclic) bond motifs is 1. The number of urea groups is 1. The molecule has 0 spiro atoms. The van der Waals surface area contributed by atoms with Gasteiger partial charge in [0.25, 0.3) is 5.91 Å². The van der Waals surface area contributed by atoms with E-state index in [0.717, 1.165) is 10.6 Å². The minimum absolute atomic E-state index is 0.00505. The number of para-hydroxylation sites is 1. The lowest BCUT2D eigenvalue weighted by atomic mass is 9.99. The first-order chi connectivity index (χ1) is 16.9. The number of carbonyl (C=O) groups is 2. The fourth-order valence-corrected chi connectivity index (χ4v) is 4.18. The highest BCUT2D eigenvalue weighted by molar-refractivity contribution is 7.88. The van der Waals surface area contributed by atoms with Crippen molar-refractivity contribution in [1.82, 2.24) is 9.21 Å². The van der Waals surface area contributed by atoms with Crippen molar-refractivity contribution in [1.29, 1.82) is 0 Å². The molecule has 0 aliphatic carbocycles. The third kappa shape index (κ3) is 6.50. The standard InChI is InChI=1S/C24H31FN4O6S/c1-15-12-29(16(2)14-30)23(31)19-6-5-7-20(22(19)35-21(15)13-28(3)36(4,33)34)27-24(32)26-18-10-8-17(25)9-11-18/h5-11,15-16,21,30H,12-14H2,1-4H3,(H2,26,27,32)/t15-,16+,21-/m1/s1. The van der Waals surface area contributed by atoms with Crippen LogP contribution in [0.2, 0.25) is 0 Å².